The minimum absolute atomic E-state index is 0.0653. The van der Waals surface area contributed by atoms with E-state index < -0.39 is 29.1 Å². The first kappa shape index (κ1) is 35.3. The van der Waals surface area contributed by atoms with Crippen LogP contribution in [-0.2, 0) is 9.59 Å². The monoisotopic (exact) mass is 770 g/mol. The summed E-state index contributed by atoms with van der Waals surface area (Å²) in [6.45, 7) is 0. The van der Waals surface area contributed by atoms with Crippen molar-refractivity contribution in [3.63, 3.8) is 0 Å². The van der Waals surface area contributed by atoms with Crippen molar-refractivity contribution in [3.05, 3.63) is 165 Å². The maximum Gasteiger partial charge on any atom is 0.243 e. The lowest BCUT2D eigenvalue weighted by atomic mass is 9.52. The second-order valence-electron chi connectivity index (χ2n) is 13.0. The lowest BCUT2D eigenvalue weighted by Gasteiger charge is -2.49. The Morgan fingerprint density at radius 3 is 1.76 bits per heavy atom. The van der Waals surface area contributed by atoms with Gasteiger partial charge in [-0.05, 0) is 101 Å². The Morgan fingerprint density at radius 1 is 0.704 bits per heavy atom. The first-order valence-electron chi connectivity index (χ1n) is 17.1. The highest BCUT2D eigenvalue weighted by atomic mass is 35.5. The molecular formula is C43H32Cl2N4O4S. The molecule has 2 amide bonds. The Kier molecular flexibility index (Phi) is 9.31. The summed E-state index contributed by atoms with van der Waals surface area (Å²) in [4.78, 5) is 30.5. The molecule has 2 N–H and O–H groups in total. The van der Waals surface area contributed by atoms with Gasteiger partial charge in [-0.1, -0.05) is 89.9 Å². The molecule has 8 nitrogen and oxygen atoms in total. The number of rotatable bonds is 7. The fourth-order valence-corrected chi connectivity index (χ4v) is 8.20. The van der Waals surface area contributed by atoms with Crippen molar-refractivity contribution >= 4 is 64.0 Å². The third-order valence-corrected chi connectivity index (χ3v) is 10.8. The van der Waals surface area contributed by atoms with E-state index in [1.807, 2.05) is 126 Å². The molecule has 1 aromatic heterocycles. The maximum absolute atomic E-state index is 15.2. The Bertz CT molecular complexity index is 2410. The zero-order valence-electron chi connectivity index (χ0n) is 29.0. The molecule has 1 spiro atoms. The van der Waals surface area contributed by atoms with Crippen LogP contribution in [0.4, 0.5) is 0 Å². The van der Waals surface area contributed by atoms with Gasteiger partial charge in [0.1, 0.15) is 11.5 Å². The van der Waals surface area contributed by atoms with Gasteiger partial charge in [0, 0.05) is 33.0 Å². The second kappa shape index (κ2) is 14.2. The molecule has 0 saturated carbocycles. The normalized spacial score (nSPS) is 18.2. The molecule has 1 aliphatic heterocycles. The standard InChI is InChI=1S/C43H32Cl2N4O4S/c1-52-32-20-12-26(13-21-32)36-34(24-25-8-16-29(44)17-9-25)38-35(39(28-10-18-30(45)19-11-28)49(48-38)31-6-4-3-5-7-31)37(27-14-22-33(53-2)23-15-27)43(36)40(50)46-42(54)47-41(43)51/h3-24,36-37H,1-2H3,(H2,46,47,50,51,54)/b34-24-. The van der Waals surface area contributed by atoms with E-state index in [1.54, 1.807) is 26.4 Å². The van der Waals surface area contributed by atoms with Crippen LogP contribution < -0.4 is 20.1 Å². The predicted molar refractivity (Wildman–Crippen MR) is 215 cm³/mol. The van der Waals surface area contributed by atoms with Gasteiger partial charge in [-0.3, -0.25) is 9.59 Å². The molecule has 2 unspecified atom stereocenters. The summed E-state index contributed by atoms with van der Waals surface area (Å²) in [5.74, 6) is -1.63. The van der Waals surface area contributed by atoms with Gasteiger partial charge in [0.25, 0.3) is 0 Å². The minimum Gasteiger partial charge on any atom is -0.497 e. The number of thiocarbonyl (C=S) groups is 1. The van der Waals surface area contributed by atoms with E-state index in [4.69, 9.17) is 50.0 Å². The highest BCUT2D eigenvalue weighted by molar-refractivity contribution is 7.80. The van der Waals surface area contributed by atoms with Crippen LogP contribution in [-0.4, -0.2) is 40.9 Å². The number of carbonyl (C=O) groups excluding carboxylic acids is 2. The summed E-state index contributed by atoms with van der Waals surface area (Å²) < 4.78 is 13.0. The third-order valence-electron chi connectivity index (χ3n) is 10.1. The molecular weight excluding hydrogens is 739 g/mol. The van der Waals surface area contributed by atoms with E-state index in [0.29, 0.717) is 55.2 Å². The van der Waals surface area contributed by atoms with Crippen LogP contribution >= 0.6 is 35.4 Å². The van der Waals surface area contributed by atoms with E-state index in [1.165, 1.54) is 0 Å². The van der Waals surface area contributed by atoms with Gasteiger partial charge in [-0.15, -0.1) is 0 Å². The van der Waals surface area contributed by atoms with Crippen LogP contribution in [0.5, 0.6) is 11.5 Å². The van der Waals surface area contributed by atoms with Gasteiger partial charge in [0.15, 0.2) is 10.5 Å². The fraction of sp³-hybridized carbons (Fsp3) is 0.116. The lowest BCUT2D eigenvalue weighted by Crippen LogP contribution is -2.67. The molecule has 54 heavy (non-hydrogen) atoms. The van der Waals surface area contributed by atoms with E-state index >= 15 is 9.59 Å². The number of nitrogens with zero attached hydrogens (tertiary/aromatic N) is 2. The topological polar surface area (TPSA) is 94.5 Å². The van der Waals surface area contributed by atoms with Gasteiger partial charge in [0.2, 0.25) is 11.8 Å². The SMILES string of the molecule is COc1ccc(C2/C(=C/c3ccc(Cl)cc3)c3nn(-c4ccccc4)c(-c4ccc(Cl)cc4)c3C(c3ccc(OC)cc3)C23C(=O)NC(=S)NC3=O)cc1. The molecule has 1 saturated heterocycles. The highest BCUT2D eigenvalue weighted by Crippen LogP contribution is 2.63. The molecule has 1 aliphatic carbocycles. The summed E-state index contributed by atoms with van der Waals surface area (Å²) in [5.41, 5.74) is 4.53. The molecule has 11 heteroatoms. The summed E-state index contributed by atoms with van der Waals surface area (Å²) in [6, 6.07) is 39.5. The summed E-state index contributed by atoms with van der Waals surface area (Å²) in [6.07, 6.45) is 1.98. The van der Waals surface area contributed by atoms with Crippen molar-refractivity contribution in [1.82, 2.24) is 20.4 Å². The van der Waals surface area contributed by atoms with Crippen molar-refractivity contribution in [2.75, 3.05) is 14.2 Å². The second-order valence-corrected chi connectivity index (χ2v) is 14.3. The molecule has 6 aromatic rings. The van der Waals surface area contributed by atoms with Crippen LogP contribution in [0, 0.1) is 5.41 Å². The molecule has 0 radical (unpaired) electrons. The quantitative estimate of drug-likeness (QED) is 0.125. The zero-order chi connectivity index (χ0) is 37.6. The van der Waals surface area contributed by atoms with Gasteiger partial charge in [-0.2, -0.15) is 5.10 Å². The fourth-order valence-electron chi connectivity index (χ4n) is 7.76. The summed E-state index contributed by atoms with van der Waals surface area (Å²) in [7, 11) is 3.18. The molecule has 0 bridgehead atoms. The van der Waals surface area contributed by atoms with E-state index in [-0.39, 0.29) is 5.11 Å². The van der Waals surface area contributed by atoms with Crippen molar-refractivity contribution in [1.29, 1.82) is 0 Å². The number of allylic oxidation sites excluding steroid dienone is 1. The molecule has 268 valence electrons. The predicted octanol–water partition coefficient (Wildman–Crippen LogP) is 8.85. The van der Waals surface area contributed by atoms with E-state index in [9.17, 15) is 0 Å². The van der Waals surface area contributed by atoms with Gasteiger partial charge in [0.05, 0.1) is 31.3 Å². The number of carbonyl (C=O) groups is 2. The highest BCUT2D eigenvalue weighted by Gasteiger charge is 2.65. The molecule has 8 rings (SSSR count). The number of aromatic nitrogens is 2. The molecule has 5 aromatic carbocycles. The van der Waals surface area contributed by atoms with Gasteiger partial charge < -0.3 is 20.1 Å². The van der Waals surface area contributed by atoms with Crippen LogP contribution in [0.2, 0.25) is 10.0 Å². The Hall–Kier alpha value is -5.74. The first-order chi connectivity index (χ1) is 26.2. The zero-order valence-corrected chi connectivity index (χ0v) is 31.4. The number of benzene rings is 5. The summed E-state index contributed by atoms with van der Waals surface area (Å²) in [5, 5.41) is 12.2. The Labute approximate surface area is 327 Å². The number of hydrogen-bond donors (Lipinski definition) is 2. The van der Waals surface area contributed by atoms with Crippen LogP contribution in [0.15, 0.2) is 127 Å². The molecule has 2 aliphatic rings. The van der Waals surface area contributed by atoms with Crippen molar-refractivity contribution in [2.45, 2.75) is 11.8 Å². The molecule has 1 fully saturated rings. The van der Waals surface area contributed by atoms with Crippen LogP contribution in [0.1, 0.15) is 39.8 Å². The number of halogens is 2. The van der Waals surface area contributed by atoms with E-state index in [2.05, 4.69) is 10.6 Å². The number of hydrogen-bond acceptors (Lipinski definition) is 6. The van der Waals surface area contributed by atoms with Crippen molar-refractivity contribution < 1.29 is 19.1 Å². The maximum atomic E-state index is 15.2. The van der Waals surface area contributed by atoms with Gasteiger partial charge in [-0.25, -0.2) is 4.68 Å². The first-order valence-corrected chi connectivity index (χ1v) is 18.3. The van der Waals surface area contributed by atoms with Crippen LogP contribution in [0.3, 0.4) is 0 Å². The number of nitrogens with one attached hydrogen (secondary N) is 2. The average molecular weight is 772 g/mol. The number of para-hydroxylation sites is 1. The number of ether oxygens (including phenoxy) is 2. The van der Waals surface area contributed by atoms with Crippen LogP contribution in [0.25, 0.3) is 28.6 Å². The molecule has 2 heterocycles. The lowest BCUT2D eigenvalue weighted by molar-refractivity contribution is -0.145. The number of amides is 2. The largest absolute Gasteiger partial charge is 0.497 e. The van der Waals surface area contributed by atoms with Crippen molar-refractivity contribution in [2.24, 2.45) is 5.41 Å². The Morgan fingerprint density at radius 2 is 1.22 bits per heavy atom. The number of fused-ring (bicyclic) bond motifs is 1. The smallest absolute Gasteiger partial charge is 0.243 e. The average Bonchev–Trinajstić information content (AvgIpc) is 3.59. The number of methoxy groups -OCH3 is 2. The Balaban J connectivity index is 1.58. The van der Waals surface area contributed by atoms with Gasteiger partial charge >= 0.3 is 0 Å². The van der Waals surface area contributed by atoms with Crippen molar-refractivity contribution in [3.8, 4) is 28.4 Å². The molecule has 2 atom stereocenters. The van der Waals surface area contributed by atoms with E-state index in [0.717, 1.165) is 16.8 Å². The summed E-state index contributed by atoms with van der Waals surface area (Å²) >= 11 is 18.2. The third kappa shape index (κ3) is 5.94. The minimum atomic E-state index is -1.84.